The van der Waals surface area contributed by atoms with Gasteiger partial charge in [-0.1, -0.05) is 6.07 Å². The average molecular weight is 336 g/mol. The first-order chi connectivity index (χ1) is 11.7. The summed E-state index contributed by atoms with van der Waals surface area (Å²) in [5, 5.41) is 13.6. The molecular formula is C18H16N4OS. The number of hydrogen-bond acceptors (Lipinski definition) is 3. The molecule has 1 saturated heterocycles. The monoisotopic (exact) mass is 336 g/mol. The molecule has 3 N–H and O–H groups in total. The normalized spacial score (nSPS) is 20.2. The van der Waals surface area contributed by atoms with Crippen molar-refractivity contribution in [1.29, 1.82) is 0 Å². The van der Waals surface area contributed by atoms with E-state index in [1.54, 1.807) is 18.3 Å². The van der Waals surface area contributed by atoms with Crippen LogP contribution in [0.1, 0.15) is 23.5 Å². The first kappa shape index (κ1) is 14.7. The minimum Gasteiger partial charge on any atom is -0.508 e. The number of thiocarbonyl (C=S) groups is 1. The molecule has 120 valence electrons. The minimum atomic E-state index is -0.0637. The van der Waals surface area contributed by atoms with E-state index in [4.69, 9.17) is 12.2 Å². The van der Waals surface area contributed by atoms with Crippen LogP contribution in [-0.2, 0) is 0 Å². The van der Waals surface area contributed by atoms with Crippen LogP contribution in [0.2, 0.25) is 0 Å². The number of anilines is 1. The van der Waals surface area contributed by atoms with Crippen LogP contribution in [0, 0.1) is 0 Å². The summed E-state index contributed by atoms with van der Waals surface area (Å²) < 4.78 is 0. The summed E-state index contributed by atoms with van der Waals surface area (Å²) in [5.41, 5.74) is 2.90. The number of phenols is 1. The Bertz CT molecular complexity index is 833. The van der Waals surface area contributed by atoms with Crippen LogP contribution < -0.4 is 10.2 Å². The van der Waals surface area contributed by atoms with Gasteiger partial charge in [0, 0.05) is 23.8 Å². The Hall–Kier alpha value is -2.86. The van der Waals surface area contributed by atoms with Gasteiger partial charge in [-0.3, -0.25) is 4.98 Å². The molecule has 0 aliphatic carbocycles. The predicted octanol–water partition coefficient (Wildman–Crippen LogP) is 3.29. The molecule has 0 bridgehead atoms. The van der Waals surface area contributed by atoms with Crippen LogP contribution in [0.3, 0.4) is 0 Å². The number of nitrogens with zero attached hydrogens (tertiary/aromatic N) is 2. The summed E-state index contributed by atoms with van der Waals surface area (Å²) in [4.78, 5) is 9.84. The molecule has 1 aliphatic rings. The van der Waals surface area contributed by atoms with Crippen molar-refractivity contribution in [2.45, 2.75) is 12.1 Å². The van der Waals surface area contributed by atoms with Gasteiger partial charge >= 0.3 is 0 Å². The lowest BCUT2D eigenvalue weighted by Crippen LogP contribution is -2.29. The lowest BCUT2D eigenvalue weighted by Gasteiger charge is -2.27. The molecule has 3 heterocycles. The van der Waals surface area contributed by atoms with Crippen LogP contribution in [0.15, 0.2) is 67.0 Å². The third kappa shape index (κ3) is 2.51. The Morgan fingerprint density at radius 2 is 1.88 bits per heavy atom. The Kier molecular flexibility index (Phi) is 3.66. The van der Waals surface area contributed by atoms with Gasteiger partial charge in [-0.15, -0.1) is 0 Å². The summed E-state index contributed by atoms with van der Waals surface area (Å²) >= 11 is 5.59. The fourth-order valence-corrected chi connectivity index (χ4v) is 3.44. The zero-order valence-corrected chi connectivity index (χ0v) is 13.6. The van der Waals surface area contributed by atoms with Gasteiger partial charge in [0.1, 0.15) is 11.8 Å². The number of rotatable bonds is 3. The molecular weight excluding hydrogens is 320 g/mol. The predicted molar refractivity (Wildman–Crippen MR) is 96.8 cm³/mol. The first-order valence-corrected chi connectivity index (χ1v) is 8.08. The van der Waals surface area contributed by atoms with Crippen molar-refractivity contribution in [3.63, 3.8) is 0 Å². The maximum atomic E-state index is 9.56. The smallest absolute Gasteiger partial charge is 0.174 e. The third-order valence-electron chi connectivity index (χ3n) is 4.17. The molecule has 5 nitrogen and oxygen atoms in total. The van der Waals surface area contributed by atoms with E-state index in [2.05, 4.69) is 20.2 Å². The quantitative estimate of drug-likeness (QED) is 0.641. The second kappa shape index (κ2) is 5.98. The number of pyridine rings is 1. The summed E-state index contributed by atoms with van der Waals surface area (Å²) in [6, 6.07) is 16.8. The van der Waals surface area contributed by atoms with Gasteiger partial charge in [-0.05, 0) is 60.7 Å². The molecule has 6 heteroatoms. The summed E-state index contributed by atoms with van der Waals surface area (Å²) in [7, 11) is 0. The van der Waals surface area contributed by atoms with Crippen molar-refractivity contribution < 1.29 is 5.11 Å². The number of H-pyrrole nitrogens is 1. The number of phenolic OH excluding ortho intramolecular Hbond substituents is 1. The van der Waals surface area contributed by atoms with Crippen LogP contribution in [-0.4, -0.2) is 20.2 Å². The molecule has 0 unspecified atom stereocenters. The van der Waals surface area contributed by atoms with Gasteiger partial charge in [-0.2, -0.15) is 0 Å². The van der Waals surface area contributed by atoms with E-state index in [1.165, 1.54) is 0 Å². The molecule has 1 aliphatic heterocycles. The number of aromatic amines is 1. The Morgan fingerprint density at radius 1 is 1.04 bits per heavy atom. The van der Waals surface area contributed by atoms with Crippen LogP contribution >= 0.6 is 12.2 Å². The topological polar surface area (TPSA) is 64.2 Å². The van der Waals surface area contributed by atoms with E-state index in [9.17, 15) is 5.11 Å². The van der Waals surface area contributed by atoms with Gasteiger partial charge in [-0.25, -0.2) is 0 Å². The lowest BCUT2D eigenvalue weighted by atomic mass is 10.0. The molecule has 0 saturated carbocycles. The van der Waals surface area contributed by atoms with Crippen LogP contribution in [0.25, 0.3) is 0 Å². The minimum absolute atomic E-state index is 0.0491. The van der Waals surface area contributed by atoms with Crippen molar-refractivity contribution in [2.75, 3.05) is 4.90 Å². The van der Waals surface area contributed by atoms with Gasteiger partial charge in [0.2, 0.25) is 0 Å². The standard InChI is InChI=1S/C18H16N4OS/c23-13-8-6-12(7-9-13)22-17(15-5-3-11-20-15)16(21-18(22)24)14-4-1-2-10-19-14/h1-11,16-17,20,23H,(H,21,24)/t16-,17-/m0/s1. The number of aromatic nitrogens is 2. The van der Waals surface area contributed by atoms with E-state index in [0.29, 0.717) is 5.11 Å². The second-order valence-corrected chi connectivity index (χ2v) is 6.03. The van der Waals surface area contributed by atoms with Gasteiger partial charge in [0.05, 0.1) is 11.7 Å². The Balaban J connectivity index is 1.80. The van der Waals surface area contributed by atoms with Gasteiger partial charge in [0.15, 0.2) is 5.11 Å². The first-order valence-electron chi connectivity index (χ1n) is 7.67. The molecule has 1 fully saturated rings. The zero-order valence-electron chi connectivity index (χ0n) is 12.8. The van der Waals surface area contributed by atoms with Crippen molar-refractivity contribution >= 4 is 23.0 Å². The number of nitrogens with one attached hydrogen (secondary N) is 2. The highest BCUT2D eigenvalue weighted by molar-refractivity contribution is 7.80. The van der Waals surface area contributed by atoms with E-state index in [0.717, 1.165) is 17.1 Å². The molecule has 0 amide bonds. The average Bonchev–Trinajstić information content (AvgIpc) is 3.24. The second-order valence-electron chi connectivity index (χ2n) is 5.64. The molecule has 24 heavy (non-hydrogen) atoms. The lowest BCUT2D eigenvalue weighted by molar-refractivity contribution is 0.475. The third-order valence-corrected chi connectivity index (χ3v) is 4.48. The molecule has 4 rings (SSSR count). The molecule has 2 atom stereocenters. The highest BCUT2D eigenvalue weighted by Gasteiger charge is 2.41. The summed E-state index contributed by atoms with van der Waals surface area (Å²) in [5.74, 6) is 0.231. The maximum Gasteiger partial charge on any atom is 0.174 e. The highest BCUT2D eigenvalue weighted by Crippen LogP contribution is 2.40. The SMILES string of the molecule is Oc1ccc(N2C(=S)N[C@@H](c3ccccn3)[C@@H]2c2ccc[nH]2)cc1. The number of hydrogen-bond donors (Lipinski definition) is 3. The molecule has 3 aromatic rings. The number of benzene rings is 1. The molecule has 0 radical (unpaired) electrons. The van der Waals surface area contributed by atoms with E-state index >= 15 is 0 Å². The Morgan fingerprint density at radius 3 is 2.54 bits per heavy atom. The molecule has 0 spiro atoms. The van der Waals surface area contributed by atoms with Crippen molar-refractivity contribution in [2.24, 2.45) is 0 Å². The fraction of sp³-hybridized carbons (Fsp3) is 0.111. The van der Waals surface area contributed by atoms with E-state index in [1.807, 2.05) is 48.7 Å². The fourth-order valence-electron chi connectivity index (χ4n) is 3.09. The van der Waals surface area contributed by atoms with Gasteiger partial charge < -0.3 is 20.3 Å². The molecule has 1 aromatic carbocycles. The summed E-state index contributed by atoms with van der Waals surface area (Å²) in [6.07, 6.45) is 3.69. The largest absolute Gasteiger partial charge is 0.508 e. The van der Waals surface area contributed by atoms with Gasteiger partial charge in [0.25, 0.3) is 0 Å². The number of aromatic hydroxyl groups is 1. The summed E-state index contributed by atoms with van der Waals surface area (Å²) in [6.45, 7) is 0. The van der Waals surface area contributed by atoms with Crippen molar-refractivity contribution in [1.82, 2.24) is 15.3 Å². The van der Waals surface area contributed by atoms with Crippen LogP contribution in [0.4, 0.5) is 5.69 Å². The van der Waals surface area contributed by atoms with Crippen molar-refractivity contribution in [3.05, 3.63) is 78.4 Å². The molecule has 2 aromatic heterocycles. The Labute approximate surface area is 145 Å². The van der Waals surface area contributed by atoms with Crippen LogP contribution in [0.5, 0.6) is 5.75 Å². The van der Waals surface area contributed by atoms with E-state index < -0.39 is 0 Å². The highest BCUT2D eigenvalue weighted by atomic mass is 32.1. The maximum absolute atomic E-state index is 9.56. The van der Waals surface area contributed by atoms with E-state index in [-0.39, 0.29) is 17.8 Å². The zero-order chi connectivity index (χ0) is 16.5. The van der Waals surface area contributed by atoms with Crippen molar-refractivity contribution in [3.8, 4) is 5.75 Å².